The van der Waals surface area contributed by atoms with Gasteiger partial charge in [0, 0.05) is 0 Å². The van der Waals surface area contributed by atoms with E-state index in [-0.39, 0.29) is 30.9 Å². The van der Waals surface area contributed by atoms with Gasteiger partial charge in [-0.25, -0.2) is 0 Å². The molecule has 5 heteroatoms. The van der Waals surface area contributed by atoms with Crippen molar-refractivity contribution in [2.45, 2.75) is 39.2 Å². The second-order valence-corrected chi connectivity index (χ2v) is 6.69. The van der Waals surface area contributed by atoms with Crippen molar-refractivity contribution in [2.75, 3.05) is 6.61 Å². The van der Waals surface area contributed by atoms with Gasteiger partial charge in [0.25, 0.3) is 5.91 Å². The third-order valence-electron chi connectivity index (χ3n) is 4.15. The number of hydrogen-bond acceptors (Lipinski definition) is 3. The number of nitrogens with two attached hydrogens (primary N) is 1. The summed E-state index contributed by atoms with van der Waals surface area (Å²) in [5.74, 6) is 0.485. The van der Waals surface area contributed by atoms with Crippen LogP contribution in [0.5, 0.6) is 5.75 Å². The third-order valence-corrected chi connectivity index (χ3v) is 4.15. The summed E-state index contributed by atoms with van der Waals surface area (Å²) in [6, 6.07) is 15.1. The summed E-state index contributed by atoms with van der Waals surface area (Å²) in [4.78, 5) is 23.0. The maximum Gasteiger partial charge on any atom is 0.258 e. The summed E-state index contributed by atoms with van der Waals surface area (Å²) in [6.07, 6.45) is 0.188. The zero-order valence-electron chi connectivity index (χ0n) is 15.5. The first-order valence-electron chi connectivity index (χ1n) is 8.74. The van der Waals surface area contributed by atoms with Gasteiger partial charge >= 0.3 is 0 Å². The maximum atomic E-state index is 12.1. The lowest BCUT2D eigenvalue weighted by Crippen LogP contribution is -2.31. The largest absolute Gasteiger partial charge is 0.484 e. The summed E-state index contributed by atoms with van der Waals surface area (Å²) in [5.41, 5.74) is 8.30. The van der Waals surface area contributed by atoms with Gasteiger partial charge in [-0.3, -0.25) is 9.59 Å². The molecule has 1 atom stereocenters. The van der Waals surface area contributed by atoms with Crippen molar-refractivity contribution in [3.63, 3.8) is 0 Å². The Kier molecular flexibility index (Phi) is 6.78. The molecule has 0 radical (unpaired) electrons. The highest BCUT2D eigenvalue weighted by atomic mass is 16.5. The van der Waals surface area contributed by atoms with Crippen LogP contribution < -0.4 is 15.8 Å². The molecular formula is C21H26N2O3. The highest BCUT2D eigenvalue weighted by Crippen LogP contribution is 2.18. The Labute approximate surface area is 154 Å². The van der Waals surface area contributed by atoms with Crippen LogP contribution in [0.15, 0.2) is 48.5 Å². The predicted molar refractivity (Wildman–Crippen MR) is 102 cm³/mol. The average Bonchev–Trinajstić information content (AvgIpc) is 2.60. The van der Waals surface area contributed by atoms with Crippen molar-refractivity contribution in [1.29, 1.82) is 0 Å². The number of carbonyl (C=O) groups is 2. The molecule has 26 heavy (non-hydrogen) atoms. The molecular weight excluding hydrogens is 328 g/mol. The number of primary amides is 1. The minimum absolute atomic E-state index is 0.0659. The molecule has 0 bridgehead atoms. The van der Waals surface area contributed by atoms with E-state index in [9.17, 15) is 9.59 Å². The summed E-state index contributed by atoms with van der Waals surface area (Å²) < 4.78 is 5.49. The monoisotopic (exact) mass is 354 g/mol. The van der Waals surface area contributed by atoms with Crippen LogP contribution in [0, 0.1) is 0 Å². The first kappa shape index (κ1) is 19.5. The van der Waals surface area contributed by atoms with Crippen molar-refractivity contribution < 1.29 is 14.3 Å². The molecule has 2 amide bonds. The lowest BCUT2D eigenvalue weighted by Gasteiger charge is -2.16. The fourth-order valence-corrected chi connectivity index (χ4v) is 2.59. The van der Waals surface area contributed by atoms with Gasteiger partial charge in [0.2, 0.25) is 5.91 Å². The lowest BCUT2D eigenvalue weighted by atomic mass is 9.99. The Hall–Kier alpha value is -2.82. The zero-order chi connectivity index (χ0) is 19.1. The summed E-state index contributed by atoms with van der Waals surface area (Å²) >= 11 is 0. The van der Waals surface area contributed by atoms with E-state index in [1.807, 2.05) is 19.1 Å². The first-order chi connectivity index (χ1) is 12.3. The van der Waals surface area contributed by atoms with Gasteiger partial charge in [0.1, 0.15) is 5.75 Å². The van der Waals surface area contributed by atoms with Crippen molar-refractivity contribution >= 4 is 11.8 Å². The average molecular weight is 354 g/mol. The van der Waals surface area contributed by atoms with Crippen molar-refractivity contribution in [2.24, 2.45) is 5.73 Å². The number of carbonyl (C=O) groups excluding carboxylic acids is 2. The smallest absolute Gasteiger partial charge is 0.258 e. The topological polar surface area (TPSA) is 81.4 Å². The molecule has 2 rings (SSSR count). The zero-order valence-corrected chi connectivity index (χ0v) is 15.5. The third kappa shape index (κ3) is 5.92. The van der Waals surface area contributed by atoms with E-state index in [0.29, 0.717) is 11.7 Å². The molecule has 1 unspecified atom stereocenters. The molecule has 0 fully saturated rings. The second-order valence-electron chi connectivity index (χ2n) is 6.69. The summed E-state index contributed by atoms with van der Waals surface area (Å²) in [7, 11) is 0. The molecule has 0 saturated carbocycles. The number of hydrogen-bond donors (Lipinski definition) is 2. The SMILES string of the molecule is CC(C)c1ccc(C(C)NC(=O)COc2ccc(CC(N)=O)cc2)cc1. The summed E-state index contributed by atoms with van der Waals surface area (Å²) in [6.45, 7) is 6.18. The van der Waals surface area contributed by atoms with Gasteiger partial charge in [-0.15, -0.1) is 0 Å². The second kappa shape index (κ2) is 9.04. The number of nitrogens with one attached hydrogen (secondary N) is 1. The van der Waals surface area contributed by atoms with Crippen LogP contribution in [0.2, 0.25) is 0 Å². The highest BCUT2D eigenvalue weighted by molar-refractivity contribution is 5.78. The molecule has 0 aliphatic carbocycles. The van der Waals surface area contributed by atoms with Crippen molar-refractivity contribution in [3.05, 3.63) is 65.2 Å². The molecule has 0 saturated heterocycles. The van der Waals surface area contributed by atoms with E-state index < -0.39 is 0 Å². The molecule has 0 aliphatic rings. The fraction of sp³-hybridized carbons (Fsp3) is 0.333. The number of amides is 2. The number of benzene rings is 2. The van der Waals surface area contributed by atoms with Gasteiger partial charge < -0.3 is 15.8 Å². The van der Waals surface area contributed by atoms with Crippen LogP contribution in [0.3, 0.4) is 0 Å². The van der Waals surface area contributed by atoms with Crippen molar-refractivity contribution in [1.82, 2.24) is 5.32 Å². The molecule has 138 valence electrons. The van der Waals surface area contributed by atoms with Gasteiger partial charge in [-0.2, -0.15) is 0 Å². The van der Waals surface area contributed by atoms with E-state index >= 15 is 0 Å². The lowest BCUT2D eigenvalue weighted by molar-refractivity contribution is -0.123. The molecule has 0 aliphatic heterocycles. The standard InChI is InChI=1S/C21H26N2O3/c1-14(2)17-6-8-18(9-7-17)15(3)23-21(25)13-26-19-10-4-16(5-11-19)12-20(22)24/h4-11,14-15H,12-13H2,1-3H3,(H2,22,24)(H,23,25). The minimum atomic E-state index is -0.381. The number of ether oxygens (including phenoxy) is 1. The highest BCUT2D eigenvalue weighted by Gasteiger charge is 2.11. The normalized spacial score (nSPS) is 11.8. The molecule has 0 spiro atoms. The maximum absolute atomic E-state index is 12.1. The Bertz CT molecular complexity index is 737. The first-order valence-corrected chi connectivity index (χ1v) is 8.74. The van der Waals surface area contributed by atoms with Crippen LogP contribution in [-0.4, -0.2) is 18.4 Å². The minimum Gasteiger partial charge on any atom is -0.484 e. The Morgan fingerprint density at radius 3 is 2.08 bits per heavy atom. The van der Waals surface area contributed by atoms with Crippen LogP contribution in [0.4, 0.5) is 0 Å². The van der Waals surface area contributed by atoms with E-state index in [1.54, 1.807) is 24.3 Å². The summed E-state index contributed by atoms with van der Waals surface area (Å²) in [5, 5.41) is 2.93. The van der Waals surface area contributed by atoms with E-state index in [4.69, 9.17) is 10.5 Å². The van der Waals surface area contributed by atoms with E-state index in [1.165, 1.54) is 5.56 Å². The molecule has 2 aromatic rings. The van der Waals surface area contributed by atoms with E-state index in [0.717, 1.165) is 11.1 Å². The van der Waals surface area contributed by atoms with Gasteiger partial charge in [0.15, 0.2) is 6.61 Å². The van der Waals surface area contributed by atoms with Crippen molar-refractivity contribution in [3.8, 4) is 5.75 Å². The fourth-order valence-electron chi connectivity index (χ4n) is 2.59. The molecule has 0 heterocycles. The van der Waals surface area contributed by atoms with Gasteiger partial charge in [-0.05, 0) is 41.7 Å². The predicted octanol–water partition coefficient (Wildman–Crippen LogP) is 3.09. The quantitative estimate of drug-likeness (QED) is 0.764. The molecule has 3 N–H and O–H groups in total. The van der Waals surface area contributed by atoms with E-state index in [2.05, 4.69) is 31.3 Å². The number of rotatable bonds is 8. The molecule has 0 aromatic heterocycles. The van der Waals surface area contributed by atoms with Gasteiger partial charge in [0.05, 0.1) is 12.5 Å². The molecule has 5 nitrogen and oxygen atoms in total. The van der Waals surface area contributed by atoms with Crippen LogP contribution in [0.1, 0.15) is 49.4 Å². The molecule has 2 aromatic carbocycles. The van der Waals surface area contributed by atoms with Crippen LogP contribution in [0.25, 0.3) is 0 Å². The van der Waals surface area contributed by atoms with Crippen LogP contribution in [-0.2, 0) is 16.0 Å². The van der Waals surface area contributed by atoms with Crippen LogP contribution >= 0.6 is 0 Å². The Morgan fingerprint density at radius 2 is 1.54 bits per heavy atom. The Morgan fingerprint density at radius 1 is 0.962 bits per heavy atom. The Balaban J connectivity index is 1.83. The van der Waals surface area contributed by atoms with Gasteiger partial charge in [-0.1, -0.05) is 50.2 Å².